The number of halogens is 3. The molecule has 0 bridgehead atoms. The van der Waals surface area contributed by atoms with Crippen LogP contribution < -0.4 is 5.32 Å². The van der Waals surface area contributed by atoms with Crippen molar-refractivity contribution in [1.82, 2.24) is 10.2 Å². The maximum atomic E-state index is 3.57. The van der Waals surface area contributed by atoms with Crippen LogP contribution in [-0.4, -0.2) is 31.1 Å². The van der Waals surface area contributed by atoms with Crippen LogP contribution in [-0.2, 0) is 0 Å². The number of nitrogens with one attached hydrogen (secondary N) is 1. The summed E-state index contributed by atoms with van der Waals surface area (Å²) in [5, 5.41) is 5.62. The van der Waals surface area contributed by atoms with Crippen LogP contribution >= 0.6 is 52.1 Å². The lowest BCUT2D eigenvalue weighted by Gasteiger charge is -2.41. The zero-order valence-corrected chi connectivity index (χ0v) is 15.6. The fourth-order valence-corrected chi connectivity index (χ4v) is 4.39. The van der Waals surface area contributed by atoms with E-state index in [0.29, 0.717) is 6.04 Å². The molecule has 0 spiro atoms. The Morgan fingerprint density at radius 2 is 1.84 bits per heavy atom. The molecular formula is C13H23BrCl2N2S. The molecule has 1 aliphatic rings. The maximum absolute atomic E-state index is 3.57. The molecule has 1 N–H and O–H groups in total. The molecule has 1 aromatic rings. The van der Waals surface area contributed by atoms with E-state index in [9.17, 15) is 0 Å². The van der Waals surface area contributed by atoms with Crippen molar-refractivity contribution in [2.24, 2.45) is 5.41 Å². The highest BCUT2D eigenvalue weighted by Gasteiger charge is 2.33. The van der Waals surface area contributed by atoms with E-state index in [4.69, 9.17) is 0 Å². The monoisotopic (exact) mass is 388 g/mol. The van der Waals surface area contributed by atoms with Crippen molar-refractivity contribution >= 4 is 52.1 Å². The first-order valence-electron chi connectivity index (χ1n) is 6.17. The average Bonchev–Trinajstić information content (AvgIpc) is 2.64. The van der Waals surface area contributed by atoms with E-state index in [1.807, 2.05) is 11.3 Å². The average molecular weight is 390 g/mol. The zero-order valence-electron chi connectivity index (χ0n) is 11.6. The Morgan fingerprint density at radius 3 is 2.26 bits per heavy atom. The van der Waals surface area contributed by atoms with Crippen LogP contribution in [0.25, 0.3) is 0 Å². The first-order chi connectivity index (χ1) is 7.98. The fourth-order valence-electron chi connectivity index (χ4n) is 2.57. The highest BCUT2D eigenvalue weighted by molar-refractivity contribution is 9.10. The van der Waals surface area contributed by atoms with E-state index in [0.717, 1.165) is 26.2 Å². The van der Waals surface area contributed by atoms with E-state index in [1.165, 1.54) is 9.35 Å². The van der Waals surface area contributed by atoms with Gasteiger partial charge in [0.1, 0.15) is 0 Å². The molecule has 2 rings (SSSR count). The van der Waals surface area contributed by atoms with Gasteiger partial charge in [0.05, 0.1) is 0 Å². The van der Waals surface area contributed by atoms with Gasteiger partial charge in [-0.1, -0.05) is 20.8 Å². The number of thiophene rings is 1. The molecule has 1 aliphatic heterocycles. The summed E-state index contributed by atoms with van der Waals surface area (Å²) in [6, 6.07) is 2.81. The van der Waals surface area contributed by atoms with Crippen molar-refractivity contribution in [2.45, 2.75) is 26.8 Å². The second-order valence-corrected chi connectivity index (χ2v) is 7.58. The number of piperazine rings is 1. The van der Waals surface area contributed by atoms with Crippen molar-refractivity contribution in [3.63, 3.8) is 0 Å². The van der Waals surface area contributed by atoms with E-state index >= 15 is 0 Å². The first kappa shape index (κ1) is 19.7. The molecule has 0 aliphatic carbocycles. The Hall–Kier alpha value is 0.680. The normalized spacial score (nSPS) is 18.3. The minimum atomic E-state index is 0. The van der Waals surface area contributed by atoms with Crippen LogP contribution in [0.5, 0.6) is 0 Å². The van der Waals surface area contributed by atoms with Gasteiger partial charge in [0, 0.05) is 47.0 Å². The van der Waals surface area contributed by atoms with Crippen molar-refractivity contribution < 1.29 is 0 Å². The van der Waals surface area contributed by atoms with Gasteiger partial charge in [-0.25, -0.2) is 0 Å². The number of hydrogen-bond acceptors (Lipinski definition) is 3. The molecule has 2 nitrogen and oxygen atoms in total. The molecule has 1 aromatic heterocycles. The van der Waals surface area contributed by atoms with E-state index in [1.54, 1.807) is 0 Å². The number of nitrogens with zero attached hydrogens (tertiary/aromatic N) is 1. The SMILES string of the molecule is CC(C)(C)[C@@H](c1cc(Br)cs1)N1CCNCC1.Cl.Cl. The van der Waals surface area contributed by atoms with E-state index in [-0.39, 0.29) is 30.2 Å². The van der Waals surface area contributed by atoms with Gasteiger partial charge >= 0.3 is 0 Å². The van der Waals surface area contributed by atoms with Gasteiger partial charge in [-0.2, -0.15) is 0 Å². The molecule has 0 amide bonds. The molecule has 0 radical (unpaired) electrons. The Kier molecular flexibility index (Phi) is 8.50. The van der Waals surface area contributed by atoms with Gasteiger partial charge in [0.2, 0.25) is 0 Å². The molecule has 0 saturated carbocycles. The van der Waals surface area contributed by atoms with Crippen LogP contribution in [0.4, 0.5) is 0 Å². The van der Waals surface area contributed by atoms with Gasteiger partial charge in [0.15, 0.2) is 0 Å². The van der Waals surface area contributed by atoms with Gasteiger partial charge in [-0.3, -0.25) is 4.90 Å². The molecule has 1 saturated heterocycles. The summed E-state index contributed by atoms with van der Waals surface area (Å²) in [5.74, 6) is 0. The Balaban J connectivity index is 0.00000162. The predicted octanol–water partition coefficient (Wildman–Crippen LogP) is 4.35. The van der Waals surface area contributed by atoms with Gasteiger partial charge < -0.3 is 5.32 Å². The van der Waals surface area contributed by atoms with Gasteiger partial charge in [-0.15, -0.1) is 36.2 Å². The molecule has 6 heteroatoms. The molecule has 19 heavy (non-hydrogen) atoms. The van der Waals surface area contributed by atoms with E-state index in [2.05, 4.69) is 58.4 Å². The smallest absolute Gasteiger partial charge is 0.0491 e. The molecular weight excluding hydrogens is 367 g/mol. The van der Waals surface area contributed by atoms with Crippen LogP contribution in [0.2, 0.25) is 0 Å². The summed E-state index contributed by atoms with van der Waals surface area (Å²) < 4.78 is 1.21. The Morgan fingerprint density at radius 1 is 1.26 bits per heavy atom. The molecule has 112 valence electrons. The second-order valence-electron chi connectivity index (χ2n) is 5.72. The van der Waals surface area contributed by atoms with Crippen LogP contribution in [0.1, 0.15) is 31.7 Å². The minimum Gasteiger partial charge on any atom is -0.314 e. The van der Waals surface area contributed by atoms with Crippen molar-refractivity contribution in [3.05, 3.63) is 20.8 Å². The predicted molar refractivity (Wildman–Crippen MR) is 93.2 cm³/mol. The lowest BCUT2D eigenvalue weighted by molar-refractivity contribution is 0.0888. The van der Waals surface area contributed by atoms with Crippen LogP contribution in [0.3, 0.4) is 0 Å². The molecule has 1 fully saturated rings. The van der Waals surface area contributed by atoms with Crippen molar-refractivity contribution in [3.8, 4) is 0 Å². The lowest BCUT2D eigenvalue weighted by Crippen LogP contribution is -2.48. The largest absolute Gasteiger partial charge is 0.314 e. The third-order valence-electron chi connectivity index (χ3n) is 3.19. The first-order valence-corrected chi connectivity index (χ1v) is 7.84. The maximum Gasteiger partial charge on any atom is 0.0491 e. The fraction of sp³-hybridized carbons (Fsp3) is 0.692. The molecule has 1 atom stereocenters. The molecule has 2 heterocycles. The molecule has 0 aromatic carbocycles. The highest BCUT2D eigenvalue weighted by atomic mass is 79.9. The summed E-state index contributed by atoms with van der Waals surface area (Å²) >= 11 is 5.44. The summed E-state index contributed by atoms with van der Waals surface area (Å²) in [4.78, 5) is 4.10. The number of hydrogen-bond donors (Lipinski definition) is 1. The van der Waals surface area contributed by atoms with E-state index < -0.39 is 0 Å². The van der Waals surface area contributed by atoms with Crippen LogP contribution in [0, 0.1) is 5.41 Å². The van der Waals surface area contributed by atoms with Gasteiger partial charge in [-0.05, 0) is 27.4 Å². The quantitative estimate of drug-likeness (QED) is 0.808. The lowest BCUT2D eigenvalue weighted by atomic mass is 9.84. The Bertz CT molecular complexity index is 373. The summed E-state index contributed by atoms with van der Waals surface area (Å²) in [6.45, 7) is 11.5. The summed E-state index contributed by atoms with van der Waals surface area (Å²) in [7, 11) is 0. The third kappa shape index (κ3) is 5.18. The highest BCUT2D eigenvalue weighted by Crippen LogP contribution is 2.41. The minimum absolute atomic E-state index is 0. The Labute approximate surface area is 141 Å². The number of rotatable bonds is 2. The second kappa shape index (κ2) is 8.20. The summed E-state index contributed by atoms with van der Waals surface area (Å²) in [5.41, 5.74) is 0.279. The topological polar surface area (TPSA) is 15.3 Å². The standard InChI is InChI=1S/C13H21BrN2S.2ClH/c1-13(2,3)12(11-8-10(14)9-17-11)16-6-4-15-5-7-16;;/h8-9,12,15H,4-7H2,1-3H3;2*1H/t12-;;/m1../s1. The zero-order chi connectivity index (χ0) is 12.5. The van der Waals surface area contributed by atoms with Crippen molar-refractivity contribution in [1.29, 1.82) is 0 Å². The van der Waals surface area contributed by atoms with Crippen LogP contribution in [0.15, 0.2) is 15.9 Å². The third-order valence-corrected chi connectivity index (χ3v) is 4.94. The summed E-state index contributed by atoms with van der Waals surface area (Å²) in [6.07, 6.45) is 0. The van der Waals surface area contributed by atoms with Crippen molar-refractivity contribution in [2.75, 3.05) is 26.2 Å². The molecule has 0 unspecified atom stereocenters. The van der Waals surface area contributed by atoms with Gasteiger partial charge in [0.25, 0.3) is 0 Å².